The van der Waals surface area contributed by atoms with E-state index in [0.29, 0.717) is 30.4 Å². The van der Waals surface area contributed by atoms with Crippen LogP contribution >= 0.6 is 0 Å². The summed E-state index contributed by atoms with van der Waals surface area (Å²) in [5.74, 6) is -1.47. The van der Waals surface area contributed by atoms with Crippen LogP contribution in [-0.2, 0) is 4.79 Å². The molecule has 1 fully saturated rings. The third-order valence-corrected chi connectivity index (χ3v) is 5.14. The number of nitrogens with one attached hydrogen (secondary N) is 2. The van der Waals surface area contributed by atoms with Crippen LogP contribution in [0.2, 0.25) is 0 Å². The van der Waals surface area contributed by atoms with E-state index in [9.17, 15) is 22.8 Å². The predicted molar refractivity (Wildman–Crippen MR) is 103 cm³/mol. The van der Waals surface area contributed by atoms with Gasteiger partial charge < -0.3 is 10.2 Å². The number of hydrogen-bond donors (Lipinski definition) is 2. The number of aromatic nitrogens is 4. The number of rotatable bonds is 4. The normalized spacial score (nSPS) is 15.5. The van der Waals surface area contributed by atoms with E-state index in [1.807, 2.05) is 30.3 Å². The number of alkyl halides is 3. The number of anilines is 1. The SMILES string of the molecule is O=C(N1CCC(CNc2nc3c(cnn3-c3ccccc3)c(=O)[nH]2)CC1)C(F)(F)F. The number of amides is 1. The highest BCUT2D eigenvalue weighted by Crippen LogP contribution is 2.24. The van der Waals surface area contributed by atoms with Gasteiger partial charge in [0, 0.05) is 19.6 Å². The molecule has 2 aromatic heterocycles. The zero-order chi connectivity index (χ0) is 21.3. The first-order chi connectivity index (χ1) is 14.3. The maximum Gasteiger partial charge on any atom is 0.471 e. The zero-order valence-corrected chi connectivity index (χ0v) is 15.8. The topological polar surface area (TPSA) is 95.9 Å². The second-order valence-corrected chi connectivity index (χ2v) is 7.16. The van der Waals surface area contributed by atoms with Crippen molar-refractivity contribution in [1.82, 2.24) is 24.6 Å². The fourth-order valence-corrected chi connectivity index (χ4v) is 3.52. The molecular weight excluding hydrogens is 401 g/mol. The maximum absolute atomic E-state index is 12.5. The minimum Gasteiger partial charge on any atom is -0.355 e. The highest BCUT2D eigenvalue weighted by atomic mass is 19.4. The molecule has 4 rings (SSSR count). The molecule has 0 aliphatic carbocycles. The molecule has 3 aromatic rings. The van der Waals surface area contributed by atoms with Crippen molar-refractivity contribution < 1.29 is 18.0 Å². The van der Waals surface area contributed by atoms with Crippen molar-refractivity contribution in [1.29, 1.82) is 0 Å². The van der Waals surface area contributed by atoms with Crippen LogP contribution in [0, 0.1) is 5.92 Å². The number of hydrogen-bond acceptors (Lipinski definition) is 5. The van der Waals surface area contributed by atoms with Crippen LogP contribution in [-0.4, -0.2) is 56.4 Å². The van der Waals surface area contributed by atoms with Gasteiger partial charge in [-0.1, -0.05) is 18.2 Å². The monoisotopic (exact) mass is 420 g/mol. The van der Waals surface area contributed by atoms with Gasteiger partial charge in [0.2, 0.25) is 5.95 Å². The van der Waals surface area contributed by atoms with Gasteiger partial charge in [0.05, 0.1) is 11.9 Å². The summed E-state index contributed by atoms with van der Waals surface area (Å²) in [7, 11) is 0. The Morgan fingerprint density at radius 3 is 2.57 bits per heavy atom. The van der Waals surface area contributed by atoms with Gasteiger partial charge in [-0.3, -0.25) is 14.6 Å². The second kappa shape index (κ2) is 7.81. The Hall–Kier alpha value is -3.37. The van der Waals surface area contributed by atoms with E-state index in [2.05, 4.69) is 20.4 Å². The Morgan fingerprint density at radius 2 is 1.90 bits per heavy atom. The molecule has 1 aliphatic heterocycles. The summed E-state index contributed by atoms with van der Waals surface area (Å²) in [6.07, 6.45) is -2.52. The Bertz CT molecular complexity index is 1100. The van der Waals surface area contributed by atoms with E-state index in [0.717, 1.165) is 10.6 Å². The molecule has 0 bridgehead atoms. The molecule has 1 aliphatic rings. The van der Waals surface area contributed by atoms with Crippen LogP contribution < -0.4 is 10.9 Å². The molecule has 0 atom stereocenters. The second-order valence-electron chi connectivity index (χ2n) is 7.16. The number of nitrogens with zero attached hydrogens (tertiary/aromatic N) is 4. The molecule has 1 saturated heterocycles. The van der Waals surface area contributed by atoms with Gasteiger partial charge in [-0.05, 0) is 30.9 Å². The van der Waals surface area contributed by atoms with Crippen molar-refractivity contribution in [2.45, 2.75) is 19.0 Å². The lowest BCUT2D eigenvalue weighted by molar-refractivity contribution is -0.186. The first-order valence-electron chi connectivity index (χ1n) is 9.46. The molecule has 0 unspecified atom stereocenters. The lowest BCUT2D eigenvalue weighted by atomic mass is 9.97. The van der Waals surface area contributed by atoms with Gasteiger partial charge in [-0.2, -0.15) is 23.3 Å². The van der Waals surface area contributed by atoms with Crippen LogP contribution in [0.1, 0.15) is 12.8 Å². The molecule has 158 valence electrons. The van der Waals surface area contributed by atoms with Crippen LogP contribution in [0.25, 0.3) is 16.7 Å². The average Bonchev–Trinajstić information content (AvgIpc) is 3.17. The highest BCUT2D eigenvalue weighted by Gasteiger charge is 2.43. The van der Waals surface area contributed by atoms with Crippen LogP contribution in [0.4, 0.5) is 19.1 Å². The van der Waals surface area contributed by atoms with Gasteiger partial charge in [0.25, 0.3) is 5.56 Å². The number of piperidine rings is 1. The van der Waals surface area contributed by atoms with E-state index in [1.54, 1.807) is 4.68 Å². The standard InChI is InChI=1S/C19H19F3N6O2/c20-19(21,22)17(30)27-8-6-12(7-9-27)10-23-18-25-15-14(16(29)26-18)11-24-28(15)13-4-2-1-3-5-13/h1-5,11-12H,6-10H2,(H2,23,25,26,29). The van der Waals surface area contributed by atoms with E-state index in [4.69, 9.17) is 0 Å². The third kappa shape index (κ3) is 4.00. The molecule has 0 radical (unpaired) electrons. The zero-order valence-electron chi connectivity index (χ0n) is 15.8. The van der Waals surface area contributed by atoms with Crippen molar-refractivity contribution in [2.24, 2.45) is 5.92 Å². The predicted octanol–water partition coefficient (Wildman–Crippen LogP) is 2.32. The molecule has 0 spiro atoms. The first-order valence-corrected chi connectivity index (χ1v) is 9.46. The first kappa shape index (κ1) is 19.9. The lowest BCUT2D eigenvalue weighted by Crippen LogP contribution is -2.46. The molecule has 1 amide bonds. The number of likely N-dealkylation sites (tertiary alicyclic amines) is 1. The smallest absolute Gasteiger partial charge is 0.355 e. The fourth-order valence-electron chi connectivity index (χ4n) is 3.52. The van der Waals surface area contributed by atoms with E-state index < -0.39 is 12.1 Å². The van der Waals surface area contributed by atoms with Gasteiger partial charge >= 0.3 is 12.1 Å². The van der Waals surface area contributed by atoms with Crippen molar-refractivity contribution in [2.75, 3.05) is 25.0 Å². The molecular formula is C19H19F3N6O2. The number of H-pyrrole nitrogens is 1. The van der Waals surface area contributed by atoms with Crippen LogP contribution in [0.15, 0.2) is 41.3 Å². The largest absolute Gasteiger partial charge is 0.471 e. The van der Waals surface area contributed by atoms with Gasteiger partial charge in [-0.15, -0.1) is 0 Å². The van der Waals surface area contributed by atoms with Crippen molar-refractivity contribution in [3.8, 4) is 5.69 Å². The van der Waals surface area contributed by atoms with Crippen molar-refractivity contribution in [3.63, 3.8) is 0 Å². The summed E-state index contributed by atoms with van der Waals surface area (Å²) in [6, 6.07) is 9.27. The average molecular weight is 420 g/mol. The Labute approximate surface area is 168 Å². The van der Waals surface area contributed by atoms with Gasteiger partial charge in [-0.25, -0.2) is 4.68 Å². The molecule has 1 aromatic carbocycles. The van der Waals surface area contributed by atoms with E-state index >= 15 is 0 Å². The van der Waals surface area contributed by atoms with Gasteiger partial charge in [0.1, 0.15) is 5.39 Å². The lowest BCUT2D eigenvalue weighted by Gasteiger charge is -2.32. The van der Waals surface area contributed by atoms with Crippen molar-refractivity contribution >= 4 is 22.9 Å². The summed E-state index contributed by atoms with van der Waals surface area (Å²) in [5.41, 5.74) is 0.826. The fraction of sp³-hybridized carbons (Fsp3) is 0.368. The Morgan fingerprint density at radius 1 is 1.20 bits per heavy atom. The Kier molecular flexibility index (Phi) is 5.18. The van der Waals surface area contributed by atoms with E-state index in [-0.39, 0.29) is 30.5 Å². The van der Waals surface area contributed by atoms with Crippen LogP contribution in [0.3, 0.4) is 0 Å². The minimum atomic E-state index is -4.84. The summed E-state index contributed by atoms with van der Waals surface area (Å²) in [5, 5.41) is 7.65. The number of aromatic amines is 1. The highest BCUT2D eigenvalue weighted by molar-refractivity contribution is 5.82. The van der Waals surface area contributed by atoms with Crippen molar-refractivity contribution in [3.05, 3.63) is 46.9 Å². The van der Waals surface area contributed by atoms with Gasteiger partial charge in [0.15, 0.2) is 5.65 Å². The van der Waals surface area contributed by atoms with Crippen LogP contribution in [0.5, 0.6) is 0 Å². The number of benzene rings is 1. The number of fused-ring (bicyclic) bond motifs is 1. The quantitative estimate of drug-likeness (QED) is 0.676. The maximum atomic E-state index is 12.5. The van der Waals surface area contributed by atoms with E-state index in [1.165, 1.54) is 6.20 Å². The third-order valence-electron chi connectivity index (χ3n) is 5.14. The minimum absolute atomic E-state index is 0.0501. The Balaban J connectivity index is 1.44. The summed E-state index contributed by atoms with van der Waals surface area (Å²) >= 11 is 0. The number of carbonyl (C=O) groups excluding carboxylic acids is 1. The summed E-state index contributed by atoms with van der Waals surface area (Å²) in [6.45, 7) is 0.519. The molecule has 0 saturated carbocycles. The summed E-state index contributed by atoms with van der Waals surface area (Å²) < 4.78 is 39.2. The molecule has 3 heterocycles. The number of halogens is 3. The molecule has 30 heavy (non-hydrogen) atoms. The molecule has 2 N–H and O–H groups in total. The summed E-state index contributed by atoms with van der Waals surface area (Å²) in [4.78, 5) is 31.6. The number of carbonyl (C=O) groups is 1. The molecule has 11 heteroatoms. The number of para-hydroxylation sites is 1. The molecule has 8 nitrogen and oxygen atoms in total.